The summed E-state index contributed by atoms with van der Waals surface area (Å²) in [6, 6.07) is 16.8. The van der Waals surface area contributed by atoms with Crippen LogP contribution in [0.3, 0.4) is 0 Å². The molecule has 0 spiro atoms. The minimum atomic E-state index is -0.176. The minimum absolute atomic E-state index is 0.176. The lowest BCUT2D eigenvalue weighted by molar-refractivity contribution is 0.643. The van der Waals surface area contributed by atoms with E-state index in [-0.39, 0.29) is 5.41 Å². The highest BCUT2D eigenvalue weighted by molar-refractivity contribution is 5.84. The molecule has 0 heterocycles. The number of benzene rings is 2. The molecule has 0 saturated carbocycles. The molecule has 0 saturated heterocycles. The summed E-state index contributed by atoms with van der Waals surface area (Å²) in [4.78, 5) is 9.45. The molecule has 2 heteroatoms. The summed E-state index contributed by atoms with van der Waals surface area (Å²) in [5.74, 6) is 0. The normalized spacial score (nSPS) is 11.0. The Balaban J connectivity index is 2.65. The van der Waals surface area contributed by atoms with E-state index in [1.807, 2.05) is 39.8 Å². The average Bonchev–Trinajstić information content (AvgIpc) is 2.46. The number of rotatable bonds is 4. The lowest BCUT2D eigenvalue weighted by Crippen LogP contribution is -2.19. The van der Waals surface area contributed by atoms with Crippen molar-refractivity contribution in [2.45, 2.75) is 47.0 Å². The Morgan fingerprint density at radius 2 is 1.00 bits per heavy atom. The molecule has 0 aromatic heterocycles. The van der Waals surface area contributed by atoms with Gasteiger partial charge >= 0.3 is 0 Å². The molecule has 2 rings (SSSR count). The van der Waals surface area contributed by atoms with Crippen molar-refractivity contribution in [1.82, 2.24) is 0 Å². The highest BCUT2D eigenvalue weighted by atomic mass is 14.8. The first-order chi connectivity index (χ1) is 10.8. The smallest absolute Gasteiger partial charge is 0.0669 e. The predicted molar refractivity (Wildman–Crippen MR) is 102 cm³/mol. The van der Waals surface area contributed by atoms with Crippen LogP contribution >= 0.6 is 0 Å². The van der Waals surface area contributed by atoms with E-state index in [4.69, 9.17) is 9.98 Å². The summed E-state index contributed by atoms with van der Waals surface area (Å²) in [7, 11) is 0. The molecule has 0 unspecified atom stereocenters. The van der Waals surface area contributed by atoms with E-state index in [0.717, 1.165) is 22.8 Å². The summed E-state index contributed by atoms with van der Waals surface area (Å²) in [6.45, 7) is 12.6. The van der Waals surface area contributed by atoms with Crippen LogP contribution in [-0.2, 0) is 5.41 Å². The Morgan fingerprint density at radius 3 is 1.35 bits per heavy atom. The van der Waals surface area contributed by atoms with Crippen LogP contribution in [0, 0.1) is 0 Å². The molecule has 0 radical (unpaired) electrons. The number of hydrogen-bond acceptors (Lipinski definition) is 2. The quantitative estimate of drug-likeness (QED) is 0.597. The van der Waals surface area contributed by atoms with E-state index in [2.05, 4.69) is 50.2 Å². The zero-order chi connectivity index (χ0) is 17.0. The molecule has 0 amide bonds. The van der Waals surface area contributed by atoms with E-state index in [1.165, 1.54) is 11.1 Å². The fourth-order valence-corrected chi connectivity index (χ4v) is 2.83. The van der Waals surface area contributed by atoms with Gasteiger partial charge in [0.1, 0.15) is 0 Å². The Morgan fingerprint density at radius 1 is 0.652 bits per heavy atom. The van der Waals surface area contributed by atoms with Gasteiger partial charge in [0.25, 0.3) is 0 Å². The maximum absolute atomic E-state index is 4.72. The topological polar surface area (TPSA) is 24.7 Å². The Hall–Kier alpha value is -2.22. The largest absolute Gasteiger partial charge is 0.258 e. The van der Waals surface area contributed by atoms with Gasteiger partial charge in [0.05, 0.1) is 11.4 Å². The number of aliphatic imine (C=N–C) groups is 2. The number of hydrogen-bond donors (Lipinski definition) is 0. The van der Waals surface area contributed by atoms with Gasteiger partial charge in [-0.15, -0.1) is 0 Å². The molecule has 0 N–H and O–H groups in total. The zero-order valence-corrected chi connectivity index (χ0v) is 15.0. The average molecular weight is 306 g/mol. The van der Waals surface area contributed by atoms with Crippen LogP contribution in [0.1, 0.15) is 52.7 Å². The molecule has 2 nitrogen and oxygen atoms in total. The summed E-state index contributed by atoms with van der Waals surface area (Å²) in [5, 5.41) is 0. The Labute approximate surface area is 140 Å². The molecule has 23 heavy (non-hydrogen) atoms. The molecule has 0 atom stereocenters. The lowest BCUT2D eigenvalue weighted by Gasteiger charge is -2.29. The van der Waals surface area contributed by atoms with E-state index < -0.39 is 0 Å². The highest BCUT2D eigenvalue weighted by Crippen LogP contribution is 2.41. The van der Waals surface area contributed by atoms with E-state index in [1.54, 1.807) is 0 Å². The first kappa shape index (κ1) is 17.1. The fourth-order valence-electron chi connectivity index (χ4n) is 2.83. The summed E-state index contributed by atoms with van der Waals surface area (Å²) < 4.78 is 0. The van der Waals surface area contributed by atoms with E-state index >= 15 is 0 Å². The van der Waals surface area contributed by atoms with Crippen molar-refractivity contribution in [3.8, 4) is 0 Å². The van der Waals surface area contributed by atoms with Crippen molar-refractivity contribution >= 4 is 22.8 Å². The van der Waals surface area contributed by atoms with E-state index in [0.29, 0.717) is 0 Å². The molecule has 120 valence electrons. The Bertz CT molecular complexity index is 680. The molecule has 2 aromatic carbocycles. The standard InChI is InChI=1S/C21H26N2/c1-15(2)22-19-13-9-7-11-17(19)21(5,6)18-12-8-10-14-20(18)23-16(3)4/h7-14H,1-6H3. The molecule has 0 fully saturated rings. The fraction of sp³-hybridized carbons (Fsp3) is 0.333. The third kappa shape index (κ3) is 3.95. The first-order valence-corrected chi connectivity index (χ1v) is 8.05. The van der Waals surface area contributed by atoms with Crippen molar-refractivity contribution in [1.29, 1.82) is 0 Å². The van der Waals surface area contributed by atoms with Gasteiger partial charge in [0.2, 0.25) is 0 Å². The maximum atomic E-state index is 4.72. The zero-order valence-electron chi connectivity index (χ0n) is 15.0. The van der Waals surface area contributed by atoms with Gasteiger partial charge in [0.15, 0.2) is 0 Å². The SMILES string of the molecule is CC(C)=Nc1ccccc1C(C)(C)c1ccccc1N=C(C)C. The van der Waals surface area contributed by atoms with Crippen LogP contribution in [0.2, 0.25) is 0 Å². The van der Waals surface area contributed by atoms with Gasteiger partial charge in [-0.3, -0.25) is 9.98 Å². The summed E-state index contributed by atoms with van der Waals surface area (Å²) in [5.41, 5.74) is 6.45. The highest BCUT2D eigenvalue weighted by Gasteiger charge is 2.28. The predicted octanol–water partition coefficient (Wildman–Crippen LogP) is 6.24. The molecular formula is C21H26N2. The third-order valence-corrected chi connectivity index (χ3v) is 3.84. The van der Waals surface area contributed by atoms with Gasteiger partial charge in [-0.05, 0) is 51.0 Å². The second-order valence-electron chi connectivity index (χ2n) is 6.78. The van der Waals surface area contributed by atoms with Crippen molar-refractivity contribution in [2.24, 2.45) is 9.98 Å². The molecule has 0 aliphatic heterocycles. The first-order valence-electron chi connectivity index (χ1n) is 8.05. The van der Waals surface area contributed by atoms with Gasteiger partial charge in [0, 0.05) is 16.8 Å². The maximum Gasteiger partial charge on any atom is 0.0669 e. The minimum Gasteiger partial charge on any atom is -0.258 e. The van der Waals surface area contributed by atoms with Crippen molar-refractivity contribution in [3.05, 3.63) is 59.7 Å². The molecule has 0 bridgehead atoms. The van der Waals surface area contributed by atoms with Gasteiger partial charge in [-0.25, -0.2) is 0 Å². The van der Waals surface area contributed by atoms with Crippen molar-refractivity contribution in [3.63, 3.8) is 0 Å². The number of nitrogens with zero attached hydrogens (tertiary/aromatic N) is 2. The van der Waals surface area contributed by atoms with Crippen molar-refractivity contribution < 1.29 is 0 Å². The van der Waals surface area contributed by atoms with Crippen LogP contribution in [0.4, 0.5) is 11.4 Å². The van der Waals surface area contributed by atoms with Crippen LogP contribution in [0.25, 0.3) is 0 Å². The van der Waals surface area contributed by atoms with Crippen LogP contribution in [-0.4, -0.2) is 11.4 Å². The lowest BCUT2D eigenvalue weighted by atomic mass is 9.76. The summed E-state index contributed by atoms with van der Waals surface area (Å²) in [6.07, 6.45) is 0. The van der Waals surface area contributed by atoms with Crippen molar-refractivity contribution in [2.75, 3.05) is 0 Å². The van der Waals surface area contributed by atoms with Gasteiger partial charge in [-0.2, -0.15) is 0 Å². The number of para-hydroxylation sites is 2. The third-order valence-electron chi connectivity index (χ3n) is 3.84. The van der Waals surface area contributed by atoms with Gasteiger partial charge < -0.3 is 0 Å². The molecule has 2 aromatic rings. The second kappa shape index (κ2) is 6.91. The Kier molecular flexibility index (Phi) is 5.15. The van der Waals surface area contributed by atoms with Gasteiger partial charge in [-0.1, -0.05) is 50.2 Å². The molecule has 0 aliphatic carbocycles. The van der Waals surface area contributed by atoms with Crippen LogP contribution in [0.5, 0.6) is 0 Å². The van der Waals surface area contributed by atoms with E-state index in [9.17, 15) is 0 Å². The monoisotopic (exact) mass is 306 g/mol. The second-order valence-corrected chi connectivity index (χ2v) is 6.78. The van der Waals surface area contributed by atoms with Crippen LogP contribution < -0.4 is 0 Å². The van der Waals surface area contributed by atoms with Crippen LogP contribution in [0.15, 0.2) is 58.5 Å². The molecule has 0 aliphatic rings. The summed E-state index contributed by atoms with van der Waals surface area (Å²) >= 11 is 0. The molecular weight excluding hydrogens is 280 g/mol.